The zero-order valence-electron chi connectivity index (χ0n) is 36.1. The van der Waals surface area contributed by atoms with Crippen LogP contribution >= 0.6 is 0 Å². The van der Waals surface area contributed by atoms with Gasteiger partial charge in [-0.1, -0.05) is 164 Å². The van der Waals surface area contributed by atoms with Crippen molar-refractivity contribution in [1.82, 2.24) is 0 Å². The van der Waals surface area contributed by atoms with Gasteiger partial charge in [-0.25, -0.2) is 0 Å². The molecule has 0 amide bonds. The molecule has 0 fully saturated rings. The van der Waals surface area contributed by atoms with Gasteiger partial charge in [-0.15, -0.1) is 0 Å². The Kier molecular flexibility index (Phi) is 8.75. The molecular formula is C63H42N2O. The van der Waals surface area contributed by atoms with E-state index in [2.05, 4.69) is 265 Å². The summed E-state index contributed by atoms with van der Waals surface area (Å²) in [5.74, 6) is 0.953. The third-order valence-electron chi connectivity index (χ3n) is 13.7. The van der Waals surface area contributed by atoms with E-state index in [1.54, 1.807) is 0 Å². The first-order valence-electron chi connectivity index (χ1n) is 22.7. The summed E-state index contributed by atoms with van der Waals surface area (Å²) in [5.41, 5.74) is 20.3. The quantitative estimate of drug-likeness (QED) is 0.152. The first-order valence-corrected chi connectivity index (χ1v) is 22.7. The van der Waals surface area contributed by atoms with Crippen LogP contribution in [0.3, 0.4) is 0 Å². The van der Waals surface area contributed by atoms with Crippen molar-refractivity contribution in [3.05, 3.63) is 277 Å². The van der Waals surface area contributed by atoms with E-state index >= 15 is 0 Å². The topological polar surface area (TPSA) is 19.6 Å². The van der Waals surface area contributed by atoms with Crippen molar-refractivity contribution in [2.24, 2.45) is 0 Å². The Balaban J connectivity index is 0.961. The fourth-order valence-electron chi connectivity index (χ4n) is 10.8. The van der Waals surface area contributed by atoms with Gasteiger partial charge in [-0.2, -0.15) is 0 Å². The number of para-hydroxylation sites is 5. The molecule has 0 saturated carbocycles. The van der Waals surface area contributed by atoms with Crippen LogP contribution in [0.2, 0.25) is 0 Å². The van der Waals surface area contributed by atoms with Crippen LogP contribution in [0.5, 0.6) is 0 Å². The maximum absolute atomic E-state index is 6.94. The van der Waals surface area contributed by atoms with Gasteiger partial charge in [0.25, 0.3) is 0 Å². The molecule has 0 aliphatic heterocycles. The van der Waals surface area contributed by atoms with Crippen molar-refractivity contribution >= 4 is 45.1 Å². The lowest BCUT2D eigenvalue weighted by Crippen LogP contribution is -2.26. The molecular weight excluding hydrogens is 801 g/mol. The molecule has 1 atom stereocenters. The van der Waals surface area contributed by atoms with E-state index in [0.717, 1.165) is 67.5 Å². The first kappa shape index (κ1) is 37.9. The molecule has 2 aliphatic carbocycles. The van der Waals surface area contributed by atoms with Crippen LogP contribution in [-0.2, 0) is 5.41 Å². The monoisotopic (exact) mass is 842 g/mol. The third kappa shape index (κ3) is 5.84. The van der Waals surface area contributed by atoms with Gasteiger partial charge in [0.1, 0.15) is 11.3 Å². The van der Waals surface area contributed by atoms with E-state index in [1.165, 1.54) is 44.5 Å². The molecule has 10 aromatic carbocycles. The van der Waals surface area contributed by atoms with E-state index < -0.39 is 5.41 Å². The van der Waals surface area contributed by atoms with Crippen LogP contribution in [0.15, 0.2) is 259 Å². The lowest BCUT2D eigenvalue weighted by atomic mass is 9.69. The maximum Gasteiger partial charge on any atom is 0.140 e. The van der Waals surface area contributed by atoms with Gasteiger partial charge in [0.05, 0.1) is 5.41 Å². The lowest BCUT2D eigenvalue weighted by molar-refractivity contribution is 0.628. The smallest absolute Gasteiger partial charge is 0.140 e. The Hall–Kier alpha value is -8.66. The van der Waals surface area contributed by atoms with Crippen molar-refractivity contribution in [1.29, 1.82) is 0 Å². The molecule has 0 saturated heterocycles. The summed E-state index contributed by atoms with van der Waals surface area (Å²) in [6, 6.07) is 92.1. The Morgan fingerprint density at radius 3 is 1.18 bits per heavy atom. The van der Waals surface area contributed by atoms with Gasteiger partial charge in [0, 0.05) is 50.6 Å². The van der Waals surface area contributed by atoms with Crippen LogP contribution < -0.4 is 9.80 Å². The molecule has 0 radical (unpaired) electrons. The Morgan fingerprint density at radius 1 is 0.288 bits per heavy atom. The van der Waals surface area contributed by atoms with E-state index in [1.807, 2.05) is 0 Å². The van der Waals surface area contributed by atoms with Crippen molar-refractivity contribution in [3.63, 3.8) is 0 Å². The Labute approximate surface area is 384 Å². The molecule has 0 N–H and O–H groups in total. The summed E-state index contributed by atoms with van der Waals surface area (Å²) >= 11 is 0. The van der Waals surface area contributed by atoms with Crippen molar-refractivity contribution in [2.75, 3.05) is 9.80 Å². The minimum Gasteiger partial charge on any atom is -0.456 e. The highest BCUT2D eigenvalue weighted by atomic mass is 16.3. The fraction of sp³-hybridized carbons (Fsp3) is 0.0159. The molecule has 3 nitrogen and oxygen atoms in total. The lowest BCUT2D eigenvalue weighted by Gasteiger charge is -2.30. The minimum atomic E-state index is -0.607. The number of hydrogen-bond donors (Lipinski definition) is 0. The van der Waals surface area contributed by atoms with Crippen LogP contribution in [0, 0.1) is 0 Å². The maximum atomic E-state index is 6.94. The normalized spacial score (nSPS) is 14.1. The average molecular weight is 843 g/mol. The van der Waals surface area contributed by atoms with Crippen molar-refractivity contribution in [2.45, 2.75) is 5.41 Å². The molecule has 310 valence electrons. The zero-order chi connectivity index (χ0) is 43.6. The second-order valence-electron chi connectivity index (χ2n) is 17.2. The van der Waals surface area contributed by atoms with Crippen LogP contribution in [0.25, 0.3) is 55.7 Å². The number of rotatable bonds is 8. The molecule has 3 heteroatoms. The van der Waals surface area contributed by atoms with Gasteiger partial charge in [0.15, 0.2) is 0 Å². The molecule has 11 aromatic rings. The molecule has 13 rings (SSSR count). The van der Waals surface area contributed by atoms with E-state index in [4.69, 9.17) is 4.42 Å². The highest BCUT2D eigenvalue weighted by Gasteiger charge is 2.54. The Morgan fingerprint density at radius 2 is 0.667 bits per heavy atom. The largest absolute Gasteiger partial charge is 0.456 e. The van der Waals surface area contributed by atoms with Gasteiger partial charge >= 0.3 is 0 Å². The Bertz CT molecular complexity index is 3490. The van der Waals surface area contributed by atoms with Gasteiger partial charge in [-0.05, 0) is 141 Å². The van der Waals surface area contributed by atoms with Crippen LogP contribution in [0.1, 0.15) is 22.3 Å². The molecule has 0 bridgehead atoms. The summed E-state index contributed by atoms with van der Waals surface area (Å²) in [6.45, 7) is 0. The van der Waals surface area contributed by atoms with Crippen molar-refractivity contribution < 1.29 is 4.42 Å². The van der Waals surface area contributed by atoms with E-state index in [0.29, 0.717) is 0 Å². The fourth-order valence-corrected chi connectivity index (χ4v) is 10.8. The highest BCUT2D eigenvalue weighted by molar-refractivity contribution is 6.03. The summed E-state index contributed by atoms with van der Waals surface area (Å²) in [5, 5.41) is 1.15. The molecule has 1 aromatic heterocycles. The SMILES string of the molecule is c1ccc(N(c2ccccc2)c2ccc(-c3ccc4c(c3)C3(c5ccccc5-4)c4cc(-c5ccc(N(c6ccccc6)c6ccccc6)cc5)ccc4-c4oc5ccccc5c43)cc2)cc1. The average Bonchev–Trinajstić information content (AvgIpc) is 4.01. The predicted octanol–water partition coefficient (Wildman–Crippen LogP) is 17.0. The minimum absolute atomic E-state index is 0.607. The van der Waals surface area contributed by atoms with Gasteiger partial charge in [-0.3, -0.25) is 0 Å². The summed E-state index contributed by atoms with van der Waals surface area (Å²) in [7, 11) is 0. The summed E-state index contributed by atoms with van der Waals surface area (Å²) < 4.78 is 6.94. The molecule has 1 heterocycles. The number of furan rings is 1. The summed E-state index contributed by atoms with van der Waals surface area (Å²) in [4.78, 5) is 4.62. The van der Waals surface area contributed by atoms with Gasteiger partial charge < -0.3 is 14.2 Å². The second-order valence-corrected chi connectivity index (χ2v) is 17.2. The third-order valence-corrected chi connectivity index (χ3v) is 13.7. The number of fused-ring (bicyclic) bond motifs is 12. The first-order chi connectivity index (χ1) is 32.7. The van der Waals surface area contributed by atoms with E-state index in [-0.39, 0.29) is 0 Å². The van der Waals surface area contributed by atoms with Crippen molar-refractivity contribution in [3.8, 4) is 44.7 Å². The number of benzene rings is 10. The summed E-state index contributed by atoms with van der Waals surface area (Å²) in [6.07, 6.45) is 0. The standard InChI is InChI=1S/C63H42N2O/c1-5-17-47(18-6-1)64(48-19-7-2-8-20-48)51-35-29-43(30-36-51)45-33-39-54-53-25-13-15-27-57(53)63(58(54)41-45)59-42-46(34-40-55(59)62-61(63)56-26-14-16-28-60(56)66-62)44-31-37-52(38-32-44)65(49-21-9-3-10-22-49)50-23-11-4-12-24-50/h1-42H. The zero-order valence-corrected chi connectivity index (χ0v) is 36.1. The van der Waals surface area contributed by atoms with E-state index in [9.17, 15) is 0 Å². The number of hydrogen-bond acceptors (Lipinski definition) is 3. The highest BCUT2D eigenvalue weighted by Crippen LogP contribution is 2.65. The molecule has 2 aliphatic rings. The number of anilines is 6. The molecule has 1 unspecified atom stereocenters. The predicted molar refractivity (Wildman–Crippen MR) is 273 cm³/mol. The van der Waals surface area contributed by atoms with Gasteiger partial charge in [0.2, 0.25) is 0 Å². The second kappa shape index (κ2) is 15.3. The molecule has 66 heavy (non-hydrogen) atoms. The van der Waals surface area contributed by atoms with Crippen LogP contribution in [-0.4, -0.2) is 0 Å². The number of nitrogens with zero attached hydrogens (tertiary/aromatic N) is 2. The molecule has 1 spiro atoms. The van der Waals surface area contributed by atoms with Crippen LogP contribution in [0.4, 0.5) is 34.1 Å².